The van der Waals surface area contributed by atoms with E-state index >= 15 is 0 Å². The summed E-state index contributed by atoms with van der Waals surface area (Å²) in [5, 5.41) is 9.96. The molecule has 0 aromatic rings. The number of aliphatic hydroxyl groups excluding tert-OH is 1. The average molecular weight is 274 g/mol. The van der Waals surface area contributed by atoms with Crippen molar-refractivity contribution in [3.05, 3.63) is 12.2 Å². The second-order valence-corrected chi connectivity index (χ2v) is 8.76. The molecule has 4 aliphatic carbocycles. The van der Waals surface area contributed by atoms with Crippen molar-refractivity contribution in [2.75, 3.05) is 0 Å². The standard InChI is InChI=1S/C19H30O/c1-18-9-3-4-16(18)15-6-5-13-12-14(20)7-11-19(13,2)17(15)8-10-18/h7,11,13-17,20H,3-6,8-10,12H2,1-2H3/t13-,14+,15-,16+,17+,18+,19-/m0/s1. The van der Waals surface area contributed by atoms with Crippen LogP contribution in [-0.2, 0) is 0 Å². The van der Waals surface area contributed by atoms with Crippen LogP contribution < -0.4 is 0 Å². The molecule has 3 fully saturated rings. The second-order valence-electron chi connectivity index (χ2n) is 8.76. The lowest BCUT2D eigenvalue weighted by Gasteiger charge is -2.58. The van der Waals surface area contributed by atoms with Crippen LogP contribution >= 0.6 is 0 Å². The van der Waals surface area contributed by atoms with Crippen molar-refractivity contribution in [2.45, 2.75) is 71.3 Å². The summed E-state index contributed by atoms with van der Waals surface area (Å²) in [6.07, 6.45) is 15.5. The highest BCUT2D eigenvalue weighted by molar-refractivity contribution is 5.16. The lowest BCUT2D eigenvalue weighted by molar-refractivity contribution is -0.0760. The van der Waals surface area contributed by atoms with Crippen LogP contribution in [-0.4, -0.2) is 11.2 Å². The van der Waals surface area contributed by atoms with Gasteiger partial charge in [-0.2, -0.15) is 0 Å². The largest absolute Gasteiger partial charge is 0.389 e. The molecule has 4 aliphatic rings. The number of hydrogen-bond donors (Lipinski definition) is 1. The van der Waals surface area contributed by atoms with E-state index in [2.05, 4.69) is 26.0 Å². The van der Waals surface area contributed by atoms with Gasteiger partial charge >= 0.3 is 0 Å². The van der Waals surface area contributed by atoms with Gasteiger partial charge in [0.2, 0.25) is 0 Å². The van der Waals surface area contributed by atoms with Gasteiger partial charge in [0.25, 0.3) is 0 Å². The Kier molecular flexibility index (Phi) is 2.91. The fourth-order valence-electron chi connectivity index (χ4n) is 6.78. The summed E-state index contributed by atoms with van der Waals surface area (Å²) < 4.78 is 0. The Morgan fingerprint density at radius 2 is 1.85 bits per heavy atom. The molecular formula is C19H30O. The van der Waals surface area contributed by atoms with Gasteiger partial charge in [-0.3, -0.25) is 0 Å². The van der Waals surface area contributed by atoms with Crippen LogP contribution in [0.1, 0.15) is 65.2 Å². The van der Waals surface area contributed by atoms with Gasteiger partial charge in [-0.05, 0) is 79.4 Å². The summed E-state index contributed by atoms with van der Waals surface area (Å²) in [6, 6.07) is 0. The number of hydrogen-bond acceptors (Lipinski definition) is 1. The topological polar surface area (TPSA) is 20.2 Å². The monoisotopic (exact) mass is 274 g/mol. The lowest BCUT2D eigenvalue weighted by atomic mass is 9.46. The minimum Gasteiger partial charge on any atom is -0.389 e. The zero-order valence-electron chi connectivity index (χ0n) is 13.1. The minimum atomic E-state index is -0.176. The molecule has 1 nitrogen and oxygen atoms in total. The maximum absolute atomic E-state index is 9.96. The number of rotatable bonds is 0. The summed E-state index contributed by atoms with van der Waals surface area (Å²) in [7, 11) is 0. The molecule has 0 unspecified atom stereocenters. The van der Waals surface area contributed by atoms with Gasteiger partial charge in [-0.15, -0.1) is 0 Å². The Morgan fingerprint density at radius 1 is 1.00 bits per heavy atom. The number of allylic oxidation sites excluding steroid dienone is 1. The molecule has 112 valence electrons. The van der Waals surface area contributed by atoms with Crippen LogP contribution in [0.2, 0.25) is 0 Å². The molecule has 0 aromatic carbocycles. The average Bonchev–Trinajstić information content (AvgIpc) is 2.81. The van der Waals surface area contributed by atoms with Gasteiger partial charge in [-0.1, -0.05) is 32.4 Å². The Labute approximate surface area is 123 Å². The van der Waals surface area contributed by atoms with Crippen molar-refractivity contribution in [3.63, 3.8) is 0 Å². The highest BCUT2D eigenvalue weighted by Crippen LogP contribution is 2.65. The van der Waals surface area contributed by atoms with E-state index in [9.17, 15) is 5.11 Å². The molecule has 3 saturated carbocycles. The summed E-state index contributed by atoms with van der Waals surface area (Å²) >= 11 is 0. The third-order valence-electron chi connectivity index (χ3n) is 7.95. The SMILES string of the molecule is C[C@]12CCC[C@@H]1[C@@H]1CC[C@H]3C[C@H](O)C=C[C@]3(C)[C@@H]1CC2. The molecule has 0 heterocycles. The number of aliphatic hydroxyl groups is 1. The van der Waals surface area contributed by atoms with E-state index in [1.165, 1.54) is 44.9 Å². The molecule has 20 heavy (non-hydrogen) atoms. The zero-order valence-corrected chi connectivity index (χ0v) is 13.1. The van der Waals surface area contributed by atoms with E-state index in [0.29, 0.717) is 10.8 Å². The first-order valence-corrected chi connectivity index (χ1v) is 8.90. The van der Waals surface area contributed by atoms with Crippen LogP contribution in [0.15, 0.2) is 12.2 Å². The Bertz CT molecular complexity index is 427. The second kappa shape index (κ2) is 4.35. The van der Waals surface area contributed by atoms with Gasteiger partial charge in [0.15, 0.2) is 0 Å². The van der Waals surface area contributed by atoms with E-state index in [4.69, 9.17) is 0 Å². The van der Waals surface area contributed by atoms with E-state index in [1.807, 2.05) is 0 Å². The van der Waals surface area contributed by atoms with Gasteiger partial charge in [0, 0.05) is 0 Å². The Balaban J connectivity index is 1.67. The molecule has 1 heteroatoms. The number of fused-ring (bicyclic) bond motifs is 5. The summed E-state index contributed by atoms with van der Waals surface area (Å²) in [4.78, 5) is 0. The third kappa shape index (κ3) is 1.71. The molecule has 0 radical (unpaired) electrons. The predicted molar refractivity (Wildman–Crippen MR) is 82.3 cm³/mol. The van der Waals surface area contributed by atoms with Crippen molar-refractivity contribution in [2.24, 2.45) is 34.5 Å². The predicted octanol–water partition coefficient (Wildman–Crippen LogP) is 4.56. The van der Waals surface area contributed by atoms with Crippen molar-refractivity contribution < 1.29 is 5.11 Å². The molecule has 4 rings (SSSR count). The minimum absolute atomic E-state index is 0.176. The van der Waals surface area contributed by atoms with E-state index < -0.39 is 0 Å². The summed E-state index contributed by atoms with van der Waals surface area (Å²) in [6.45, 7) is 5.09. The molecular weight excluding hydrogens is 244 g/mol. The van der Waals surface area contributed by atoms with Crippen LogP contribution in [0.4, 0.5) is 0 Å². The molecule has 7 atom stereocenters. The highest BCUT2D eigenvalue weighted by Gasteiger charge is 2.56. The maximum atomic E-state index is 9.96. The lowest BCUT2D eigenvalue weighted by Crippen LogP contribution is -2.51. The van der Waals surface area contributed by atoms with Gasteiger partial charge in [-0.25, -0.2) is 0 Å². The summed E-state index contributed by atoms with van der Waals surface area (Å²) in [5.41, 5.74) is 1.05. The van der Waals surface area contributed by atoms with Crippen molar-refractivity contribution in [1.82, 2.24) is 0 Å². The molecule has 0 amide bonds. The van der Waals surface area contributed by atoms with Crippen LogP contribution in [0, 0.1) is 34.5 Å². The fraction of sp³-hybridized carbons (Fsp3) is 0.895. The molecule has 0 aromatic heterocycles. The molecule has 0 spiro atoms. The molecule has 0 aliphatic heterocycles. The molecule has 0 saturated heterocycles. The first-order valence-electron chi connectivity index (χ1n) is 8.90. The smallest absolute Gasteiger partial charge is 0.0724 e. The van der Waals surface area contributed by atoms with E-state index in [0.717, 1.165) is 30.1 Å². The normalized spacial score (nSPS) is 57.9. The van der Waals surface area contributed by atoms with Crippen LogP contribution in [0.3, 0.4) is 0 Å². The maximum Gasteiger partial charge on any atom is 0.0724 e. The molecule has 1 N–H and O–H groups in total. The van der Waals surface area contributed by atoms with E-state index in [1.54, 1.807) is 0 Å². The van der Waals surface area contributed by atoms with Crippen molar-refractivity contribution in [3.8, 4) is 0 Å². The van der Waals surface area contributed by atoms with E-state index in [-0.39, 0.29) is 6.10 Å². The Hall–Kier alpha value is -0.300. The van der Waals surface area contributed by atoms with Crippen LogP contribution in [0.5, 0.6) is 0 Å². The zero-order chi connectivity index (χ0) is 14.0. The van der Waals surface area contributed by atoms with Crippen molar-refractivity contribution >= 4 is 0 Å². The van der Waals surface area contributed by atoms with Gasteiger partial charge < -0.3 is 5.11 Å². The van der Waals surface area contributed by atoms with Gasteiger partial charge in [0.05, 0.1) is 6.10 Å². The quantitative estimate of drug-likeness (QED) is 0.642. The Morgan fingerprint density at radius 3 is 2.70 bits per heavy atom. The van der Waals surface area contributed by atoms with Crippen molar-refractivity contribution in [1.29, 1.82) is 0 Å². The summed E-state index contributed by atoms with van der Waals surface area (Å²) in [5.74, 6) is 3.59. The van der Waals surface area contributed by atoms with Gasteiger partial charge in [0.1, 0.15) is 0 Å². The molecule has 0 bridgehead atoms. The first-order chi connectivity index (χ1) is 9.53. The van der Waals surface area contributed by atoms with Crippen LogP contribution in [0.25, 0.3) is 0 Å². The fourth-order valence-corrected chi connectivity index (χ4v) is 6.78. The third-order valence-corrected chi connectivity index (χ3v) is 7.95. The first kappa shape index (κ1) is 13.4. The highest BCUT2D eigenvalue weighted by atomic mass is 16.3.